The van der Waals surface area contributed by atoms with Crippen LogP contribution in [-0.4, -0.2) is 143 Å². The van der Waals surface area contributed by atoms with Gasteiger partial charge >= 0.3 is 5.97 Å². The van der Waals surface area contributed by atoms with Crippen LogP contribution in [0.3, 0.4) is 0 Å². The average molecular weight is 812 g/mol. The lowest BCUT2D eigenvalue weighted by molar-refractivity contribution is -0.203. The molecular formula is C46H61N5O8. The molecule has 1 spiro atoms. The summed E-state index contributed by atoms with van der Waals surface area (Å²) in [6.07, 6.45) is 4.83. The number of benzene rings is 2. The van der Waals surface area contributed by atoms with Gasteiger partial charge in [0.1, 0.15) is 17.3 Å². The molecule has 1 amide bonds. The maximum Gasteiger partial charge on any atom is 0.322 e. The molecule has 1 aliphatic carbocycles. The molecule has 2 saturated heterocycles. The highest BCUT2D eigenvalue weighted by atomic mass is 16.5. The van der Waals surface area contributed by atoms with Gasteiger partial charge in [-0.15, -0.1) is 0 Å². The summed E-state index contributed by atoms with van der Waals surface area (Å²) in [6.45, 7) is 8.81. The predicted octanol–water partition coefficient (Wildman–Crippen LogP) is 2.74. The lowest BCUT2D eigenvalue weighted by atomic mass is 9.47. The maximum atomic E-state index is 15.3. The van der Waals surface area contributed by atoms with Gasteiger partial charge in [-0.05, 0) is 81.2 Å². The van der Waals surface area contributed by atoms with Crippen LogP contribution in [0, 0.1) is 11.3 Å². The average Bonchev–Trinajstić information content (AvgIpc) is 3.89. The first-order valence-electron chi connectivity index (χ1n) is 21.6. The highest BCUT2D eigenvalue weighted by Gasteiger charge is 2.78. The topological polar surface area (TPSA) is 171 Å². The number of anilines is 1. The van der Waals surface area contributed by atoms with Crippen LogP contribution in [-0.2, 0) is 31.6 Å². The summed E-state index contributed by atoms with van der Waals surface area (Å²) in [5.41, 5.74) is -1.61. The van der Waals surface area contributed by atoms with Crippen molar-refractivity contribution >= 4 is 28.5 Å². The zero-order valence-corrected chi connectivity index (χ0v) is 35.3. The smallest absolute Gasteiger partial charge is 0.322 e. The lowest BCUT2D eigenvalue weighted by Gasteiger charge is -2.63. The summed E-state index contributed by atoms with van der Waals surface area (Å²) in [4.78, 5) is 40.3. The quantitative estimate of drug-likeness (QED) is 0.146. The second-order valence-corrected chi connectivity index (χ2v) is 18.7. The maximum absolute atomic E-state index is 15.3. The molecule has 1 saturated carbocycles. The zero-order valence-electron chi connectivity index (χ0n) is 35.3. The summed E-state index contributed by atoms with van der Waals surface area (Å²) < 4.78 is 12.3. The fourth-order valence-electron chi connectivity index (χ4n) is 13.4. The molecule has 2 aromatic carbocycles. The monoisotopic (exact) mass is 811 g/mol. The number of nitrogens with one attached hydrogen (secondary N) is 2. The Morgan fingerprint density at radius 2 is 1.83 bits per heavy atom. The number of esters is 1. The van der Waals surface area contributed by atoms with Crippen LogP contribution in [0.1, 0.15) is 75.3 Å². The van der Waals surface area contributed by atoms with Crippen LogP contribution < -0.4 is 15.0 Å². The number of carbonyl (C=O) groups is 2. The fourth-order valence-corrected chi connectivity index (χ4v) is 13.4. The van der Waals surface area contributed by atoms with Crippen molar-refractivity contribution in [3.05, 3.63) is 70.9 Å². The number of para-hydroxylation sites is 1. The number of methoxy groups -OCH3 is 2. The van der Waals surface area contributed by atoms with Gasteiger partial charge in [0.05, 0.1) is 32.0 Å². The van der Waals surface area contributed by atoms with E-state index in [1.54, 1.807) is 14.0 Å². The molecule has 3 aromatic rings. The number of aliphatic hydroxyl groups excluding tert-OH is 2. The van der Waals surface area contributed by atoms with Gasteiger partial charge in [-0.1, -0.05) is 44.2 Å². The molecule has 6 heterocycles. The fraction of sp³-hybridized carbons (Fsp3) is 0.609. The summed E-state index contributed by atoms with van der Waals surface area (Å²) >= 11 is 0. The number of hydrogen-bond donors (Lipinski definition) is 6. The number of amides is 1. The van der Waals surface area contributed by atoms with Crippen LogP contribution >= 0.6 is 0 Å². The van der Waals surface area contributed by atoms with Crippen LogP contribution in [0.4, 0.5) is 5.69 Å². The minimum atomic E-state index is -2.31. The van der Waals surface area contributed by atoms with Gasteiger partial charge in [0.25, 0.3) is 5.91 Å². The molecule has 5 aliphatic heterocycles. The number of aromatic nitrogens is 1. The number of nitrogens with zero attached hydrogens (tertiary/aromatic N) is 3. The van der Waals surface area contributed by atoms with E-state index in [4.69, 9.17) is 9.47 Å². The van der Waals surface area contributed by atoms with E-state index < -0.39 is 57.6 Å². The third-order valence-electron chi connectivity index (χ3n) is 15.8. The Bertz CT molecular complexity index is 2210. The standard InChI is InChI=1S/C46H61N5O8/c1-7-42(56)22-28-23-45(41(55)59-6,36-30(14-18-50(25-28)26-42)29-12-9-10-13-33(29)48-36)32-20-31-34(21-35(32)58-5)49(4)38-44(31)16-19-51-17-11-15-43(8-2,37(44)51)39(53)46(38,57)40(54)47-24-27(3)52/h9-13,15,20-21,27-28,37-39,48,52-53,56-57H,7-8,14,16-19,22-26H2,1-6H3,(H,47,54)/t27-,28+,37?,38?,39+,42?,43+,44?,45-,46-/m0/s1. The van der Waals surface area contributed by atoms with E-state index in [2.05, 4.69) is 32.2 Å². The molecule has 9 rings (SSSR count). The third-order valence-corrected chi connectivity index (χ3v) is 15.8. The van der Waals surface area contributed by atoms with Crippen LogP contribution in [0.15, 0.2) is 48.6 Å². The Morgan fingerprint density at radius 1 is 1.05 bits per heavy atom. The van der Waals surface area contributed by atoms with E-state index in [-0.39, 0.29) is 18.5 Å². The molecule has 6 N–H and O–H groups in total. The van der Waals surface area contributed by atoms with E-state index >= 15 is 4.79 Å². The molecule has 13 heteroatoms. The van der Waals surface area contributed by atoms with Gasteiger partial charge < -0.3 is 45.1 Å². The molecule has 0 radical (unpaired) electrons. The molecule has 6 aliphatic rings. The molecule has 59 heavy (non-hydrogen) atoms. The number of aromatic amines is 1. The third kappa shape index (κ3) is 5.37. The van der Waals surface area contributed by atoms with Crippen LogP contribution in [0.2, 0.25) is 0 Å². The van der Waals surface area contributed by atoms with E-state index in [0.29, 0.717) is 82.6 Å². The van der Waals surface area contributed by atoms with Gasteiger partial charge in [-0.3, -0.25) is 19.4 Å². The van der Waals surface area contributed by atoms with Gasteiger partial charge in [-0.25, -0.2) is 0 Å². The zero-order chi connectivity index (χ0) is 41.9. The predicted molar refractivity (Wildman–Crippen MR) is 224 cm³/mol. The summed E-state index contributed by atoms with van der Waals surface area (Å²) in [6, 6.07) is 11.0. The van der Waals surface area contributed by atoms with Gasteiger partial charge in [-0.2, -0.15) is 0 Å². The number of piperidine rings is 1. The molecular weight excluding hydrogens is 751 g/mol. The van der Waals surface area contributed by atoms with Gasteiger partial charge in [0.2, 0.25) is 0 Å². The minimum absolute atomic E-state index is 0.0903. The van der Waals surface area contributed by atoms with E-state index in [0.717, 1.165) is 33.4 Å². The molecule has 1 aromatic heterocycles. The molecule has 3 fully saturated rings. The van der Waals surface area contributed by atoms with Crippen molar-refractivity contribution in [1.82, 2.24) is 20.1 Å². The molecule has 318 valence electrons. The van der Waals surface area contributed by atoms with Crippen molar-refractivity contribution in [2.45, 2.75) is 106 Å². The number of ether oxygens (including phenoxy) is 2. The highest BCUT2D eigenvalue weighted by molar-refractivity contribution is 5.95. The number of fused-ring (bicyclic) bond motifs is 6. The number of aliphatic hydroxyl groups is 4. The van der Waals surface area contributed by atoms with Crippen molar-refractivity contribution in [1.29, 1.82) is 0 Å². The number of H-pyrrole nitrogens is 1. The van der Waals surface area contributed by atoms with Crippen molar-refractivity contribution in [3.8, 4) is 5.75 Å². The largest absolute Gasteiger partial charge is 0.496 e. The van der Waals surface area contributed by atoms with Crippen LogP contribution in [0.25, 0.3) is 10.9 Å². The Hall–Kier alpha value is -3.98. The normalized spacial score (nSPS) is 37.7. The molecule has 2 bridgehead atoms. The number of hydrogen-bond acceptors (Lipinski definition) is 11. The lowest BCUT2D eigenvalue weighted by Crippen LogP contribution is -2.81. The Balaban J connectivity index is 1.34. The van der Waals surface area contributed by atoms with Crippen molar-refractivity contribution < 1.29 is 39.5 Å². The summed E-state index contributed by atoms with van der Waals surface area (Å²) in [5.74, 6) is -0.808. The van der Waals surface area contributed by atoms with Crippen molar-refractivity contribution in [3.63, 3.8) is 0 Å². The minimum Gasteiger partial charge on any atom is -0.496 e. The Labute approximate surface area is 346 Å². The van der Waals surface area contributed by atoms with Gasteiger partial charge in [0.15, 0.2) is 5.60 Å². The Morgan fingerprint density at radius 3 is 2.54 bits per heavy atom. The molecule has 11 atom stereocenters. The molecule has 13 nitrogen and oxygen atoms in total. The summed E-state index contributed by atoms with van der Waals surface area (Å²) in [5, 5.41) is 51.9. The SMILES string of the molecule is CCC1(O)C[C@H]2CN(CCc3c([nH]c4ccccc34)[C@@](C(=O)OC)(c3cc4c(cc3OC)N(C)C3C45CCN4CC=C[C@](CC)(C45)[C@@H](O)[C@]3(O)C(=O)NC[C@H](C)O)C2)C1. The summed E-state index contributed by atoms with van der Waals surface area (Å²) in [7, 11) is 4.90. The Kier molecular flexibility index (Phi) is 9.62. The first-order chi connectivity index (χ1) is 28.2. The van der Waals surface area contributed by atoms with E-state index in [1.807, 2.05) is 62.2 Å². The highest BCUT2D eigenvalue weighted by Crippen LogP contribution is 2.67. The first kappa shape index (κ1) is 40.4. The van der Waals surface area contributed by atoms with Crippen molar-refractivity contribution in [2.75, 3.05) is 65.4 Å². The van der Waals surface area contributed by atoms with E-state index in [9.17, 15) is 25.2 Å². The van der Waals surface area contributed by atoms with Gasteiger partial charge in [0, 0.05) is 90.6 Å². The second-order valence-electron chi connectivity index (χ2n) is 18.7. The molecule has 5 unspecified atom stereocenters. The van der Waals surface area contributed by atoms with E-state index in [1.165, 1.54) is 7.11 Å². The second kappa shape index (κ2) is 14.0. The number of carbonyl (C=O) groups excluding carboxylic acids is 2. The first-order valence-corrected chi connectivity index (χ1v) is 21.6. The number of rotatable bonds is 8. The van der Waals surface area contributed by atoms with Crippen molar-refractivity contribution in [2.24, 2.45) is 11.3 Å². The number of likely N-dealkylation sites (N-methyl/N-ethyl adjacent to an activating group) is 1. The van der Waals surface area contributed by atoms with Crippen LogP contribution in [0.5, 0.6) is 5.75 Å².